The van der Waals surface area contributed by atoms with Crippen molar-refractivity contribution in [2.75, 3.05) is 11.9 Å². The first-order valence-electron chi connectivity index (χ1n) is 5.82. The topological polar surface area (TPSA) is 29.0 Å². The molecule has 4 heteroatoms. The molecule has 18 heavy (non-hydrogen) atoms. The van der Waals surface area contributed by atoms with Crippen LogP contribution in [0.2, 0.25) is 5.28 Å². The Morgan fingerprint density at radius 1 is 1.22 bits per heavy atom. The van der Waals surface area contributed by atoms with Gasteiger partial charge in [-0.1, -0.05) is 17.7 Å². The molecule has 1 heterocycles. The summed E-state index contributed by atoms with van der Waals surface area (Å²) in [5.74, 6) is 0. The number of halogens is 1. The maximum absolute atomic E-state index is 5.79. The lowest BCUT2D eigenvalue weighted by Crippen LogP contribution is -2.18. The molecule has 1 aromatic heterocycles. The molecule has 0 unspecified atom stereocenters. The van der Waals surface area contributed by atoms with E-state index in [1.165, 1.54) is 16.8 Å². The van der Waals surface area contributed by atoms with Crippen molar-refractivity contribution in [1.82, 2.24) is 9.97 Å². The standard InChI is InChI=1S/C14H16ClN3/c1-10-4-5-13(11(2)8-10)18(3)9-12-6-7-16-14(15)17-12/h4-8H,9H2,1-3H3. The predicted molar refractivity (Wildman–Crippen MR) is 75.1 cm³/mol. The van der Waals surface area contributed by atoms with Crippen molar-refractivity contribution < 1.29 is 0 Å². The second-order valence-electron chi connectivity index (χ2n) is 4.46. The van der Waals surface area contributed by atoms with E-state index < -0.39 is 0 Å². The van der Waals surface area contributed by atoms with Gasteiger partial charge in [-0.05, 0) is 43.1 Å². The first kappa shape index (κ1) is 12.8. The molecule has 0 amide bonds. The number of hydrogen-bond acceptors (Lipinski definition) is 3. The summed E-state index contributed by atoms with van der Waals surface area (Å²) >= 11 is 5.79. The minimum Gasteiger partial charge on any atom is -0.368 e. The molecule has 0 radical (unpaired) electrons. The molecule has 1 aromatic carbocycles. The van der Waals surface area contributed by atoms with Crippen molar-refractivity contribution in [2.24, 2.45) is 0 Å². The molecule has 0 bridgehead atoms. The van der Waals surface area contributed by atoms with Gasteiger partial charge in [-0.3, -0.25) is 0 Å². The largest absolute Gasteiger partial charge is 0.368 e. The zero-order chi connectivity index (χ0) is 13.1. The van der Waals surface area contributed by atoms with Crippen LogP contribution in [0.15, 0.2) is 30.5 Å². The minimum atomic E-state index is 0.293. The summed E-state index contributed by atoms with van der Waals surface area (Å²) in [6.45, 7) is 4.93. The quantitative estimate of drug-likeness (QED) is 0.793. The zero-order valence-corrected chi connectivity index (χ0v) is 11.6. The Labute approximate surface area is 112 Å². The highest BCUT2D eigenvalue weighted by Crippen LogP contribution is 2.21. The normalized spacial score (nSPS) is 10.4. The molecule has 94 valence electrons. The van der Waals surface area contributed by atoms with Crippen LogP contribution in [0.25, 0.3) is 0 Å². The highest BCUT2D eigenvalue weighted by molar-refractivity contribution is 6.28. The Bertz CT molecular complexity index is 554. The summed E-state index contributed by atoms with van der Waals surface area (Å²) in [4.78, 5) is 10.2. The van der Waals surface area contributed by atoms with E-state index in [9.17, 15) is 0 Å². The van der Waals surface area contributed by atoms with Crippen molar-refractivity contribution in [3.63, 3.8) is 0 Å². The van der Waals surface area contributed by atoms with Crippen LogP contribution in [0.4, 0.5) is 5.69 Å². The second kappa shape index (κ2) is 5.36. The third-order valence-corrected chi connectivity index (χ3v) is 3.03. The highest BCUT2D eigenvalue weighted by Gasteiger charge is 2.06. The monoisotopic (exact) mass is 261 g/mol. The number of anilines is 1. The average molecular weight is 262 g/mol. The third kappa shape index (κ3) is 2.99. The fourth-order valence-electron chi connectivity index (χ4n) is 2.02. The summed E-state index contributed by atoms with van der Waals surface area (Å²) < 4.78 is 0. The Kier molecular flexibility index (Phi) is 3.82. The van der Waals surface area contributed by atoms with Crippen LogP contribution in [0, 0.1) is 13.8 Å². The van der Waals surface area contributed by atoms with Crippen LogP contribution in [0.3, 0.4) is 0 Å². The Hall–Kier alpha value is -1.61. The molecular formula is C14H16ClN3. The highest BCUT2D eigenvalue weighted by atomic mass is 35.5. The van der Waals surface area contributed by atoms with Crippen molar-refractivity contribution in [2.45, 2.75) is 20.4 Å². The van der Waals surface area contributed by atoms with Gasteiger partial charge in [0.25, 0.3) is 0 Å². The SMILES string of the molecule is Cc1ccc(N(C)Cc2ccnc(Cl)n2)c(C)c1. The Morgan fingerprint density at radius 2 is 2.00 bits per heavy atom. The molecule has 0 aliphatic rings. The molecule has 2 rings (SSSR count). The van der Waals surface area contributed by atoms with Crippen LogP contribution in [0.5, 0.6) is 0 Å². The molecule has 0 saturated carbocycles. The zero-order valence-electron chi connectivity index (χ0n) is 10.8. The van der Waals surface area contributed by atoms with Crippen LogP contribution in [0.1, 0.15) is 16.8 Å². The molecule has 0 saturated heterocycles. The lowest BCUT2D eigenvalue weighted by atomic mass is 10.1. The van der Waals surface area contributed by atoms with E-state index in [2.05, 4.69) is 46.9 Å². The Morgan fingerprint density at radius 3 is 2.67 bits per heavy atom. The van der Waals surface area contributed by atoms with E-state index in [4.69, 9.17) is 11.6 Å². The molecular weight excluding hydrogens is 246 g/mol. The van der Waals surface area contributed by atoms with Crippen LogP contribution < -0.4 is 4.90 Å². The van der Waals surface area contributed by atoms with Crippen LogP contribution in [-0.2, 0) is 6.54 Å². The van der Waals surface area contributed by atoms with Gasteiger partial charge in [0.05, 0.1) is 12.2 Å². The Balaban J connectivity index is 2.19. The fourth-order valence-corrected chi connectivity index (χ4v) is 2.18. The van der Waals surface area contributed by atoms with E-state index in [1.54, 1.807) is 6.20 Å². The molecule has 0 aliphatic carbocycles. The number of hydrogen-bond donors (Lipinski definition) is 0. The van der Waals surface area contributed by atoms with Gasteiger partial charge in [-0.15, -0.1) is 0 Å². The van der Waals surface area contributed by atoms with Crippen molar-refractivity contribution in [3.8, 4) is 0 Å². The second-order valence-corrected chi connectivity index (χ2v) is 4.80. The van der Waals surface area contributed by atoms with Crippen molar-refractivity contribution in [3.05, 3.63) is 52.6 Å². The van der Waals surface area contributed by atoms with Crippen molar-refractivity contribution in [1.29, 1.82) is 0 Å². The molecule has 0 N–H and O–H groups in total. The van der Waals surface area contributed by atoms with E-state index >= 15 is 0 Å². The summed E-state index contributed by atoms with van der Waals surface area (Å²) in [7, 11) is 2.05. The van der Waals surface area contributed by atoms with Gasteiger partial charge in [0.1, 0.15) is 0 Å². The lowest BCUT2D eigenvalue weighted by Gasteiger charge is -2.21. The first-order valence-corrected chi connectivity index (χ1v) is 6.20. The van der Waals surface area contributed by atoms with Crippen LogP contribution in [-0.4, -0.2) is 17.0 Å². The van der Waals surface area contributed by atoms with E-state index in [1.807, 2.05) is 13.1 Å². The van der Waals surface area contributed by atoms with E-state index in [0.717, 1.165) is 5.69 Å². The fraction of sp³-hybridized carbons (Fsp3) is 0.286. The summed E-state index contributed by atoms with van der Waals surface area (Å²) in [6, 6.07) is 8.31. The molecule has 0 fully saturated rings. The van der Waals surface area contributed by atoms with Gasteiger partial charge in [0.2, 0.25) is 5.28 Å². The molecule has 2 aromatic rings. The number of benzene rings is 1. The molecule has 3 nitrogen and oxygen atoms in total. The van der Waals surface area contributed by atoms with Gasteiger partial charge in [-0.25, -0.2) is 9.97 Å². The van der Waals surface area contributed by atoms with Crippen LogP contribution >= 0.6 is 11.6 Å². The van der Waals surface area contributed by atoms with Gasteiger partial charge >= 0.3 is 0 Å². The number of rotatable bonds is 3. The maximum atomic E-state index is 5.79. The number of aryl methyl sites for hydroxylation is 2. The lowest BCUT2D eigenvalue weighted by molar-refractivity contribution is 0.871. The molecule has 0 spiro atoms. The predicted octanol–water partition coefficient (Wildman–Crippen LogP) is 3.38. The summed E-state index contributed by atoms with van der Waals surface area (Å²) in [5, 5.41) is 0.293. The number of aromatic nitrogens is 2. The smallest absolute Gasteiger partial charge is 0.222 e. The first-order chi connectivity index (χ1) is 8.56. The number of nitrogens with zero attached hydrogens (tertiary/aromatic N) is 3. The summed E-state index contributed by atoms with van der Waals surface area (Å²) in [6.07, 6.45) is 1.68. The molecule has 0 atom stereocenters. The van der Waals surface area contributed by atoms with Gasteiger partial charge < -0.3 is 4.90 Å². The van der Waals surface area contributed by atoms with Crippen molar-refractivity contribution >= 4 is 17.3 Å². The van der Waals surface area contributed by atoms with Gasteiger partial charge in [0, 0.05) is 18.9 Å². The van der Waals surface area contributed by atoms with Gasteiger partial charge in [0.15, 0.2) is 0 Å². The van der Waals surface area contributed by atoms with E-state index in [-0.39, 0.29) is 0 Å². The average Bonchev–Trinajstić information content (AvgIpc) is 2.28. The maximum Gasteiger partial charge on any atom is 0.222 e. The summed E-state index contributed by atoms with van der Waals surface area (Å²) in [5.41, 5.74) is 4.65. The third-order valence-electron chi connectivity index (χ3n) is 2.85. The minimum absolute atomic E-state index is 0.293. The molecule has 0 aliphatic heterocycles. The van der Waals surface area contributed by atoms with Gasteiger partial charge in [-0.2, -0.15) is 0 Å². The van der Waals surface area contributed by atoms with E-state index in [0.29, 0.717) is 11.8 Å².